The van der Waals surface area contributed by atoms with E-state index in [1.165, 1.54) is 0 Å². The molecule has 3 N–H and O–H groups in total. The van der Waals surface area contributed by atoms with Crippen LogP contribution >= 0.6 is 23.7 Å². The maximum Gasteiger partial charge on any atom is 0.236 e. The molecule has 0 saturated heterocycles. The zero-order valence-electron chi connectivity index (χ0n) is 11.3. The summed E-state index contributed by atoms with van der Waals surface area (Å²) in [7, 11) is 0. The maximum atomic E-state index is 11.2. The molecule has 0 aromatic carbocycles. The van der Waals surface area contributed by atoms with Crippen LogP contribution in [0.15, 0.2) is 5.38 Å². The molecule has 1 unspecified atom stereocenters. The number of nitrogens with two attached hydrogens (primary N) is 1. The van der Waals surface area contributed by atoms with E-state index in [0.29, 0.717) is 6.54 Å². The maximum absolute atomic E-state index is 11.2. The van der Waals surface area contributed by atoms with Gasteiger partial charge >= 0.3 is 0 Å². The third-order valence-electron chi connectivity index (χ3n) is 2.29. The van der Waals surface area contributed by atoms with Gasteiger partial charge in [-0.25, -0.2) is 4.98 Å². The Bertz CT molecular complexity index is 385. The number of nitrogens with one attached hydrogen (secondary N) is 1. The van der Waals surface area contributed by atoms with Crippen LogP contribution in [0.5, 0.6) is 0 Å². The Kier molecular flexibility index (Phi) is 6.81. The number of carbonyl (C=O) groups is 1. The fraction of sp³-hybridized carbons (Fsp3) is 0.667. The van der Waals surface area contributed by atoms with Crippen molar-refractivity contribution in [2.24, 2.45) is 5.73 Å². The van der Waals surface area contributed by atoms with Crippen LogP contribution in [0.2, 0.25) is 0 Å². The van der Waals surface area contributed by atoms with E-state index in [1.54, 1.807) is 18.3 Å². The normalized spacial score (nSPS) is 12.7. The molecular formula is C12H22ClN3OS. The van der Waals surface area contributed by atoms with E-state index in [4.69, 9.17) is 5.73 Å². The molecule has 1 heterocycles. The van der Waals surface area contributed by atoms with Crippen molar-refractivity contribution < 1.29 is 4.79 Å². The van der Waals surface area contributed by atoms with Crippen molar-refractivity contribution in [1.82, 2.24) is 10.3 Å². The number of aromatic nitrogens is 1. The molecule has 104 valence electrons. The van der Waals surface area contributed by atoms with Gasteiger partial charge in [0.2, 0.25) is 5.91 Å². The highest BCUT2D eigenvalue weighted by Gasteiger charge is 2.17. The zero-order chi connectivity index (χ0) is 13.1. The number of thiazole rings is 1. The Labute approximate surface area is 119 Å². The largest absolute Gasteiger partial charge is 0.354 e. The number of amides is 1. The summed E-state index contributed by atoms with van der Waals surface area (Å²) >= 11 is 1.67. The second kappa shape index (κ2) is 7.07. The van der Waals surface area contributed by atoms with Crippen molar-refractivity contribution in [3.05, 3.63) is 16.1 Å². The van der Waals surface area contributed by atoms with Crippen LogP contribution < -0.4 is 11.1 Å². The molecule has 0 fully saturated rings. The number of nitrogens with zero attached hydrogens (tertiary/aromatic N) is 1. The molecule has 1 rings (SSSR count). The third kappa shape index (κ3) is 5.33. The molecule has 18 heavy (non-hydrogen) atoms. The molecule has 6 heteroatoms. The van der Waals surface area contributed by atoms with E-state index < -0.39 is 6.04 Å². The quantitative estimate of drug-likeness (QED) is 0.890. The van der Waals surface area contributed by atoms with Gasteiger partial charge in [-0.1, -0.05) is 20.8 Å². The van der Waals surface area contributed by atoms with Crippen molar-refractivity contribution >= 4 is 29.7 Å². The first-order valence-electron chi connectivity index (χ1n) is 5.79. The summed E-state index contributed by atoms with van der Waals surface area (Å²) in [5.41, 5.74) is 6.58. The Morgan fingerprint density at radius 1 is 1.56 bits per heavy atom. The fourth-order valence-electron chi connectivity index (χ4n) is 1.24. The molecule has 0 saturated carbocycles. The van der Waals surface area contributed by atoms with E-state index in [1.807, 2.05) is 0 Å². The van der Waals surface area contributed by atoms with Crippen LogP contribution in [-0.4, -0.2) is 23.5 Å². The number of rotatable bonds is 4. The van der Waals surface area contributed by atoms with E-state index >= 15 is 0 Å². The smallest absolute Gasteiger partial charge is 0.236 e. The molecule has 0 spiro atoms. The van der Waals surface area contributed by atoms with Crippen LogP contribution in [0.3, 0.4) is 0 Å². The molecule has 0 bridgehead atoms. The molecule has 0 aliphatic rings. The number of halogens is 1. The lowest BCUT2D eigenvalue weighted by Crippen LogP contribution is -2.39. The van der Waals surface area contributed by atoms with Gasteiger partial charge in [-0.3, -0.25) is 4.79 Å². The Balaban J connectivity index is 0.00000289. The minimum absolute atomic E-state index is 0. The van der Waals surface area contributed by atoms with E-state index in [-0.39, 0.29) is 23.7 Å². The number of hydrogen-bond acceptors (Lipinski definition) is 4. The second-order valence-electron chi connectivity index (χ2n) is 5.22. The SMILES string of the molecule is CC(N)C(=O)NCCc1csc(C(C)(C)C)n1.Cl. The lowest BCUT2D eigenvalue weighted by atomic mass is 9.98. The van der Waals surface area contributed by atoms with E-state index in [0.717, 1.165) is 17.1 Å². The van der Waals surface area contributed by atoms with Crippen molar-refractivity contribution in [1.29, 1.82) is 0 Å². The minimum Gasteiger partial charge on any atom is -0.354 e. The van der Waals surface area contributed by atoms with E-state index in [2.05, 4.69) is 36.5 Å². The highest BCUT2D eigenvalue weighted by Crippen LogP contribution is 2.25. The van der Waals surface area contributed by atoms with Crippen molar-refractivity contribution in [2.75, 3.05) is 6.54 Å². The van der Waals surface area contributed by atoms with Gasteiger partial charge < -0.3 is 11.1 Å². The second-order valence-corrected chi connectivity index (χ2v) is 6.08. The monoisotopic (exact) mass is 291 g/mol. The number of hydrogen-bond donors (Lipinski definition) is 2. The van der Waals surface area contributed by atoms with E-state index in [9.17, 15) is 4.79 Å². The minimum atomic E-state index is -0.449. The van der Waals surface area contributed by atoms with Crippen LogP contribution in [0, 0.1) is 0 Å². The highest BCUT2D eigenvalue weighted by molar-refractivity contribution is 7.09. The average molecular weight is 292 g/mol. The molecule has 1 aromatic heterocycles. The molecule has 0 aliphatic heterocycles. The Morgan fingerprint density at radius 2 is 2.17 bits per heavy atom. The van der Waals surface area contributed by atoms with Gasteiger partial charge in [-0.05, 0) is 6.92 Å². The topological polar surface area (TPSA) is 68.0 Å². The van der Waals surface area contributed by atoms with Crippen molar-refractivity contribution in [3.63, 3.8) is 0 Å². The first kappa shape index (κ1) is 17.4. The number of carbonyl (C=O) groups excluding carboxylic acids is 1. The van der Waals surface area contributed by atoms with Gasteiger partial charge in [0.25, 0.3) is 0 Å². The van der Waals surface area contributed by atoms with Gasteiger partial charge in [0, 0.05) is 23.8 Å². The van der Waals surface area contributed by atoms with Crippen LogP contribution in [0.25, 0.3) is 0 Å². The van der Waals surface area contributed by atoms with Crippen LogP contribution in [0.4, 0.5) is 0 Å². The summed E-state index contributed by atoms with van der Waals surface area (Å²) in [5.74, 6) is -0.115. The molecule has 4 nitrogen and oxygen atoms in total. The summed E-state index contributed by atoms with van der Waals surface area (Å²) in [6, 6.07) is -0.449. The fourth-order valence-corrected chi connectivity index (χ4v) is 2.18. The Morgan fingerprint density at radius 3 is 2.61 bits per heavy atom. The molecule has 1 atom stereocenters. The van der Waals surface area contributed by atoms with Gasteiger partial charge in [0.05, 0.1) is 16.7 Å². The summed E-state index contributed by atoms with van der Waals surface area (Å²) in [4.78, 5) is 15.8. The summed E-state index contributed by atoms with van der Waals surface area (Å²) in [5, 5.41) is 5.96. The van der Waals surface area contributed by atoms with Crippen molar-refractivity contribution in [2.45, 2.75) is 45.6 Å². The standard InChI is InChI=1S/C12H21N3OS.ClH/c1-8(13)10(16)14-6-5-9-7-17-11(15-9)12(2,3)4;/h7-8H,5-6,13H2,1-4H3,(H,14,16);1H. The van der Waals surface area contributed by atoms with Gasteiger partial charge in [-0.2, -0.15) is 0 Å². The van der Waals surface area contributed by atoms with Gasteiger partial charge in [0.1, 0.15) is 0 Å². The lowest BCUT2D eigenvalue weighted by Gasteiger charge is -2.13. The van der Waals surface area contributed by atoms with Gasteiger partial charge in [0.15, 0.2) is 0 Å². The molecule has 1 amide bonds. The molecule has 0 aliphatic carbocycles. The predicted octanol–water partition coefficient (Wildman–Crippen LogP) is 1.87. The lowest BCUT2D eigenvalue weighted by molar-refractivity contribution is -0.121. The summed E-state index contributed by atoms with van der Waals surface area (Å²) in [6.45, 7) is 8.71. The zero-order valence-corrected chi connectivity index (χ0v) is 13.0. The first-order valence-corrected chi connectivity index (χ1v) is 6.67. The Hall–Kier alpha value is -0.650. The van der Waals surface area contributed by atoms with Crippen molar-refractivity contribution in [3.8, 4) is 0 Å². The van der Waals surface area contributed by atoms with Gasteiger partial charge in [-0.15, -0.1) is 23.7 Å². The molecule has 1 aromatic rings. The molecular weight excluding hydrogens is 270 g/mol. The van der Waals surface area contributed by atoms with Crippen LogP contribution in [-0.2, 0) is 16.6 Å². The predicted molar refractivity (Wildman–Crippen MR) is 78.4 cm³/mol. The summed E-state index contributed by atoms with van der Waals surface area (Å²) < 4.78 is 0. The highest BCUT2D eigenvalue weighted by atomic mass is 35.5. The summed E-state index contributed by atoms with van der Waals surface area (Å²) in [6.07, 6.45) is 0.755. The third-order valence-corrected chi connectivity index (χ3v) is 3.60. The first-order chi connectivity index (χ1) is 7.80. The average Bonchev–Trinajstić information content (AvgIpc) is 2.65. The molecule has 0 radical (unpaired) electrons. The van der Waals surface area contributed by atoms with Crippen LogP contribution in [0.1, 0.15) is 38.4 Å².